The van der Waals surface area contributed by atoms with Gasteiger partial charge in [0.2, 0.25) is 0 Å². The van der Waals surface area contributed by atoms with E-state index in [4.69, 9.17) is 0 Å². The molecule has 0 amide bonds. The number of aryl methyl sites for hydroxylation is 1. The van der Waals surface area contributed by atoms with Gasteiger partial charge in [-0.3, -0.25) is 14.7 Å². The fourth-order valence-electron chi connectivity index (χ4n) is 2.97. The van der Waals surface area contributed by atoms with E-state index in [0.717, 1.165) is 16.8 Å². The highest BCUT2D eigenvalue weighted by molar-refractivity contribution is 7.98. The average Bonchev–Trinajstić information content (AvgIpc) is 3.17. The van der Waals surface area contributed by atoms with Crippen LogP contribution in [0.25, 0.3) is 17.1 Å². The van der Waals surface area contributed by atoms with Gasteiger partial charge in [0.05, 0.1) is 10.5 Å². The van der Waals surface area contributed by atoms with Crippen LogP contribution >= 0.6 is 11.8 Å². The Morgan fingerprint density at radius 3 is 2.37 bits per heavy atom. The quantitative estimate of drug-likeness (QED) is 0.231. The van der Waals surface area contributed by atoms with E-state index in [-0.39, 0.29) is 11.5 Å². The monoisotopic (exact) mass is 420 g/mol. The zero-order chi connectivity index (χ0) is 21.1. The number of rotatable bonds is 6. The number of nitro benzene ring substituents is 1. The van der Waals surface area contributed by atoms with E-state index >= 15 is 0 Å². The van der Waals surface area contributed by atoms with E-state index in [1.54, 1.807) is 30.3 Å². The Kier molecular flexibility index (Phi) is 5.58. The SMILES string of the molecule is Cc1ccc(-n2c(SCc3ccc([N+](=O)[O-])cc3)nnc2-c2ccccc2F)cc1. The number of hydrogen-bond donors (Lipinski definition) is 0. The van der Waals surface area contributed by atoms with Crippen molar-refractivity contribution in [1.82, 2.24) is 14.8 Å². The normalized spacial score (nSPS) is 10.9. The Labute approximate surface area is 176 Å². The van der Waals surface area contributed by atoms with Crippen LogP contribution in [0.2, 0.25) is 0 Å². The van der Waals surface area contributed by atoms with Gasteiger partial charge in [-0.2, -0.15) is 0 Å². The first kappa shape index (κ1) is 19.8. The van der Waals surface area contributed by atoms with Crippen molar-refractivity contribution in [3.8, 4) is 17.1 Å². The van der Waals surface area contributed by atoms with Crippen molar-refractivity contribution >= 4 is 17.4 Å². The van der Waals surface area contributed by atoms with Crippen LogP contribution in [0.15, 0.2) is 78.0 Å². The minimum Gasteiger partial charge on any atom is -0.270 e. The van der Waals surface area contributed by atoms with Crippen LogP contribution in [0.1, 0.15) is 11.1 Å². The minimum atomic E-state index is -0.425. The van der Waals surface area contributed by atoms with Crippen molar-refractivity contribution in [1.29, 1.82) is 0 Å². The highest BCUT2D eigenvalue weighted by Gasteiger charge is 2.18. The first-order valence-electron chi connectivity index (χ1n) is 9.16. The molecule has 0 spiro atoms. The molecule has 4 rings (SSSR count). The summed E-state index contributed by atoms with van der Waals surface area (Å²) in [5, 5.41) is 20.0. The molecule has 30 heavy (non-hydrogen) atoms. The summed E-state index contributed by atoms with van der Waals surface area (Å²) in [5.41, 5.74) is 3.27. The molecule has 0 aliphatic heterocycles. The lowest BCUT2D eigenvalue weighted by molar-refractivity contribution is -0.384. The van der Waals surface area contributed by atoms with Crippen molar-refractivity contribution in [3.63, 3.8) is 0 Å². The highest BCUT2D eigenvalue weighted by atomic mass is 32.2. The summed E-state index contributed by atoms with van der Waals surface area (Å²) >= 11 is 1.43. The van der Waals surface area contributed by atoms with Crippen molar-refractivity contribution < 1.29 is 9.31 Å². The number of benzene rings is 3. The summed E-state index contributed by atoms with van der Waals surface area (Å²) in [6, 6.07) is 20.7. The van der Waals surface area contributed by atoms with Gasteiger partial charge in [-0.05, 0) is 36.8 Å². The first-order valence-corrected chi connectivity index (χ1v) is 10.1. The fraction of sp³-hybridized carbons (Fsp3) is 0.0909. The Morgan fingerprint density at radius 1 is 1.00 bits per heavy atom. The lowest BCUT2D eigenvalue weighted by atomic mass is 10.2. The smallest absolute Gasteiger partial charge is 0.269 e. The molecule has 150 valence electrons. The topological polar surface area (TPSA) is 73.8 Å². The summed E-state index contributed by atoms with van der Waals surface area (Å²) in [6.07, 6.45) is 0. The van der Waals surface area contributed by atoms with Crippen LogP contribution in [0.4, 0.5) is 10.1 Å². The molecule has 1 aromatic heterocycles. The number of non-ortho nitro benzene ring substituents is 1. The molecule has 6 nitrogen and oxygen atoms in total. The van der Waals surface area contributed by atoms with Crippen molar-refractivity contribution in [2.75, 3.05) is 0 Å². The van der Waals surface area contributed by atoms with Crippen molar-refractivity contribution in [3.05, 3.63) is 99.9 Å². The van der Waals surface area contributed by atoms with Gasteiger partial charge in [0.15, 0.2) is 11.0 Å². The zero-order valence-electron chi connectivity index (χ0n) is 16.0. The van der Waals surface area contributed by atoms with E-state index < -0.39 is 4.92 Å². The molecule has 0 atom stereocenters. The highest BCUT2D eigenvalue weighted by Crippen LogP contribution is 2.31. The molecule has 4 aromatic rings. The van der Waals surface area contributed by atoms with Crippen LogP contribution in [-0.2, 0) is 5.75 Å². The van der Waals surface area contributed by atoms with E-state index in [2.05, 4.69) is 10.2 Å². The first-order chi connectivity index (χ1) is 14.5. The predicted molar refractivity (Wildman–Crippen MR) is 114 cm³/mol. The third-order valence-electron chi connectivity index (χ3n) is 4.56. The molecule has 3 aromatic carbocycles. The Balaban J connectivity index is 1.70. The lowest BCUT2D eigenvalue weighted by Gasteiger charge is -2.11. The second kappa shape index (κ2) is 8.46. The van der Waals surface area contributed by atoms with Crippen LogP contribution in [0, 0.1) is 22.9 Å². The van der Waals surface area contributed by atoms with Gasteiger partial charge in [0.1, 0.15) is 5.82 Å². The van der Waals surface area contributed by atoms with Crippen LogP contribution < -0.4 is 0 Å². The van der Waals surface area contributed by atoms with Gasteiger partial charge in [-0.1, -0.05) is 53.7 Å². The summed E-state index contributed by atoms with van der Waals surface area (Å²) in [5.74, 6) is 0.590. The number of nitro groups is 1. The van der Waals surface area contributed by atoms with Crippen molar-refractivity contribution in [2.24, 2.45) is 0 Å². The fourth-order valence-corrected chi connectivity index (χ4v) is 3.88. The standard InChI is InChI=1S/C22H17FN4O2S/c1-15-6-10-17(11-7-15)26-21(19-4-2-3-5-20(19)23)24-25-22(26)30-14-16-8-12-18(13-9-16)27(28)29/h2-13H,14H2,1H3. The van der Waals surface area contributed by atoms with E-state index in [1.165, 1.54) is 30.0 Å². The van der Waals surface area contributed by atoms with Gasteiger partial charge in [-0.25, -0.2) is 4.39 Å². The second-order valence-electron chi connectivity index (χ2n) is 6.67. The molecule has 8 heteroatoms. The number of thioether (sulfide) groups is 1. The van der Waals surface area contributed by atoms with E-state index in [9.17, 15) is 14.5 Å². The Hall–Kier alpha value is -3.52. The number of halogens is 1. The Morgan fingerprint density at radius 2 is 1.70 bits per heavy atom. The maximum Gasteiger partial charge on any atom is 0.269 e. The van der Waals surface area contributed by atoms with E-state index in [1.807, 2.05) is 35.8 Å². The van der Waals surface area contributed by atoms with Gasteiger partial charge >= 0.3 is 0 Å². The molecule has 0 N–H and O–H groups in total. The predicted octanol–water partition coefficient (Wildman–Crippen LogP) is 5.58. The molecule has 0 saturated heterocycles. The molecule has 1 heterocycles. The zero-order valence-corrected chi connectivity index (χ0v) is 16.8. The molecular formula is C22H17FN4O2S. The largest absolute Gasteiger partial charge is 0.270 e. The lowest BCUT2D eigenvalue weighted by Crippen LogP contribution is -2.01. The van der Waals surface area contributed by atoms with Gasteiger partial charge in [-0.15, -0.1) is 10.2 Å². The number of nitrogens with zero attached hydrogens (tertiary/aromatic N) is 4. The maximum absolute atomic E-state index is 14.5. The second-order valence-corrected chi connectivity index (χ2v) is 7.61. The van der Waals surface area contributed by atoms with Gasteiger partial charge < -0.3 is 0 Å². The van der Waals surface area contributed by atoms with Crippen LogP contribution in [0.5, 0.6) is 0 Å². The molecule has 0 radical (unpaired) electrons. The van der Waals surface area contributed by atoms with Crippen LogP contribution in [-0.4, -0.2) is 19.7 Å². The van der Waals surface area contributed by atoms with Crippen molar-refractivity contribution in [2.45, 2.75) is 17.8 Å². The summed E-state index contributed by atoms with van der Waals surface area (Å²) < 4.78 is 16.3. The summed E-state index contributed by atoms with van der Waals surface area (Å²) in [6.45, 7) is 2.00. The molecule has 0 aliphatic carbocycles. The van der Waals surface area contributed by atoms with Crippen LogP contribution in [0.3, 0.4) is 0 Å². The molecule has 0 aliphatic rings. The van der Waals surface area contributed by atoms with E-state index in [0.29, 0.717) is 22.3 Å². The number of hydrogen-bond acceptors (Lipinski definition) is 5. The molecule has 0 bridgehead atoms. The molecule has 0 fully saturated rings. The third-order valence-corrected chi connectivity index (χ3v) is 5.56. The minimum absolute atomic E-state index is 0.0495. The average molecular weight is 420 g/mol. The summed E-state index contributed by atoms with van der Waals surface area (Å²) in [7, 11) is 0. The maximum atomic E-state index is 14.5. The molecule has 0 saturated carbocycles. The molecule has 0 unspecified atom stereocenters. The summed E-state index contributed by atoms with van der Waals surface area (Å²) in [4.78, 5) is 10.4. The molecular weight excluding hydrogens is 403 g/mol. The number of aromatic nitrogens is 3. The van der Waals surface area contributed by atoms with Gasteiger partial charge in [0, 0.05) is 23.6 Å². The third kappa shape index (κ3) is 4.08. The van der Waals surface area contributed by atoms with Gasteiger partial charge in [0.25, 0.3) is 5.69 Å². The Bertz CT molecular complexity index is 1190.